The van der Waals surface area contributed by atoms with E-state index in [-0.39, 0.29) is 19.4 Å². The third kappa shape index (κ3) is 9.35. The fraction of sp³-hybridized carbons (Fsp3) is 0.500. The van der Waals surface area contributed by atoms with Gasteiger partial charge in [0.15, 0.2) is 0 Å². The van der Waals surface area contributed by atoms with E-state index >= 15 is 0 Å². The molecule has 0 saturated carbocycles. The minimum atomic E-state index is -0.969. The molecule has 0 aliphatic carbocycles. The summed E-state index contributed by atoms with van der Waals surface area (Å²) in [6.45, 7) is 12.6. The van der Waals surface area contributed by atoms with Crippen LogP contribution in [0.3, 0.4) is 0 Å². The summed E-state index contributed by atoms with van der Waals surface area (Å²) < 4.78 is 21.1. The lowest BCUT2D eigenvalue weighted by Gasteiger charge is -2.33. The van der Waals surface area contributed by atoms with Gasteiger partial charge in [0, 0.05) is 11.6 Å². The lowest BCUT2D eigenvalue weighted by Crippen LogP contribution is -2.54. The predicted molar refractivity (Wildman–Crippen MR) is 133 cm³/mol. The Labute approximate surface area is 208 Å². The first-order valence-electron chi connectivity index (χ1n) is 11.3. The molecule has 1 aromatic carbocycles. The number of nitrogens with zero attached hydrogens (tertiary/aromatic N) is 1. The molecule has 2 atom stereocenters. The number of amides is 2. The summed E-state index contributed by atoms with van der Waals surface area (Å²) in [5.41, 5.74) is -0.108. The molecule has 0 spiro atoms. The highest BCUT2D eigenvalue weighted by Gasteiger charge is 2.35. The van der Waals surface area contributed by atoms with Gasteiger partial charge in [0.25, 0.3) is 0 Å². The maximum absolute atomic E-state index is 13.8. The summed E-state index contributed by atoms with van der Waals surface area (Å²) in [6.07, 6.45) is 3.32. The normalized spacial score (nSPS) is 12.5. The van der Waals surface area contributed by atoms with Gasteiger partial charge in [-0.25, -0.2) is 9.59 Å². The number of esters is 1. The fourth-order valence-corrected chi connectivity index (χ4v) is 3.34. The van der Waals surface area contributed by atoms with Crippen molar-refractivity contribution >= 4 is 18.0 Å². The first-order chi connectivity index (χ1) is 16.5. The highest BCUT2D eigenvalue weighted by molar-refractivity contribution is 5.90. The monoisotopic (exact) mass is 490 g/mol. The van der Waals surface area contributed by atoms with Crippen molar-refractivity contribution in [3.63, 3.8) is 0 Å². The summed E-state index contributed by atoms with van der Waals surface area (Å²) in [5, 5.41) is 2.65. The zero-order chi connectivity index (χ0) is 26.6. The number of hydrogen-bond donors (Lipinski definition) is 1. The summed E-state index contributed by atoms with van der Waals surface area (Å²) in [5.74, 6) is -0.0278. The van der Waals surface area contributed by atoms with Gasteiger partial charge in [-0.15, -0.1) is 13.2 Å². The van der Waals surface area contributed by atoms with Crippen molar-refractivity contribution in [2.45, 2.75) is 64.3 Å². The number of allylic oxidation sites excluding steroid dienone is 1. The van der Waals surface area contributed by atoms with Gasteiger partial charge in [0.05, 0.1) is 27.9 Å². The van der Waals surface area contributed by atoms with Crippen molar-refractivity contribution in [1.82, 2.24) is 10.2 Å². The number of rotatable bonds is 13. The van der Waals surface area contributed by atoms with Gasteiger partial charge in [-0.2, -0.15) is 0 Å². The minimum absolute atomic E-state index is 0.0141. The van der Waals surface area contributed by atoms with Gasteiger partial charge in [0.1, 0.15) is 29.2 Å². The fourth-order valence-electron chi connectivity index (χ4n) is 3.34. The van der Waals surface area contributed by atoms with Gasteiger partial charge >= 0.3 is 12.1 Å². The number of nitrogens with one attached hydrogen (secondary N) is 1. The van der Waals surface area contributed by atoms with Crippen LogP contribution < -0.4 is 14.8 Å². The van der Waals surface area contributed by atoms with Crippen molar-refractivity contribution in [1.29, 1.82) is 0 Å². The van der Waals surface area contributed by atoms with E-state index in [1.807, 2.05) is 0 Å². The van der Waals surface area contributed by atoms with Crippen molar-refractivity contribution in [2.75, 3.05) is 21.3 Å². The zero-order valence-corrected chi connectivity index (χ0v) is 21.6. The Kier molecular flexibility index (Phi) is 11.8. The van der Waals surface area contributed by atoms with Crippen LogP contribution in [-0.2, 0) is 25.6 Å². The van der Waals surface area contributed by atoms with Crippen LogP contribution in [0.1, 0.15) is 45.6 Å². The van der Waals surface area contributed by atoms with Gasteiger partial charge in [-0.1, -0.05) is 12.2 Å². The maximum atomic E-state index is 13.8. The molecule has 0 unspecified atom stereocenters. The van der Waals surface area contributed by atoms with Crippen molar-refractivity contribution in [2.24, 2.45) is 0 Å². The molecule has 0 aliphatic rings. The second-order valence-electron chi connectivity index (χ2n) is 8.77. The summed E-state index contributed by atoms with van der Waals surface area (Å²) in [4.78, 5) is 40.4. The molecular formula is C26H38N2O7. The third-order valence-electron chi connectivity index (χ3n) is 5.01. The lowest BCUT2D eigenvalue weighted by molar-refractivity contribution is -0.154. The molecule has 1 N–H and O–H groups in total. The Balaban J connectivity index is 3.45. The first-order valence-corrected chi connectivity index (χ1v) is 11.3. The SMILES string of the molecule is C=CCC[C@H](NC(=O)OC(C)(C)C)C(=O)N(Cc1ccc(OC)cc1OC)[C@@H](CC=C)C(=O)OC. The Morgan fingerprint density at radius 1 is 1.09 bits per heavy atom. The first kappa shape index (κ1) is 29.5. The summed E-state index contributed by atoms with van der Waals surface area (Å²) >= 11 is 0. The molecule has 0 fully saturated rings. The average Bonchev–Trinajstić information content (AvgIpc) is 2.81. The Morgan fingerprint density at radius 3 is 2.29 bits per heavy atom. The number of alkyl carbamates (subject to hydrolysis) is 1. The van der Waals surface area contributed by atoms with E-state index in [4.69, 9.17) is 18.9 Å². The molecule has 0 aromatic heterocycles. The van der Waals surface area contributed by atoms with Crippen molar-refractivity contribution in [3.8, 4) is 11.5 Å². The second kappa shape index (κ2) is 14.0. The van der Waals surface area contributed by atoms with E-state index in [0.29, 0.717) is 23.5 Å². The smallest absolute Gasteiger partial charge is 0.408 e. The average molecular weight is 491 g/mol. The van der Waals surface area contributed by atoms with Crippen LogP contribution in [0.4, 0.5) is 4.79 Å². The number of methoxy groups -OCH3 is 3. The molecule has 1 rings (SSSR count). The van der Waals surface area contributed by atoms with Crippen LogP contribution >= 0.6 is 0 Å². The van der Waals surface area contributed by atoms with Crippen LogP contribution in [0.15, 0.2) is 43.5 Å². The van der Waals surface area contributed by atoms with Crippen molar-refractivity contribution < 1.29 is 33.3 Å². The molecule has 0 radical (unpaired) electrons. The highest BCUT2D eigenvalue weighted by atomic mass is 16.6. The Hall–Kier alpha value is -3.49. The lowest BCUT2D eigenvalue weighted by atomic mass is 10.0. The topological polar surface area (TPSA) is 103 Å². The van der Waals surface area contributed by atoms with Crippen molar-refractivity contribution in [3.05, 3.63) is 49.1 Å². The van der Waals surface area contributed by atoms with E-state index < -0.39 is 35.7 Å². The molecule has 194 valence electrons. The van der Waals surface area contributed by atoms with Gasteiger partial charge in [-0.05, 0) is 52.2 Å². The largest absolute Gasteiger partial charge is 0.497 e. The van der Waals surface area contributed by atoms with Gasteiger partial charge in [-0.3, -0.25) is 4.79 Å². The van der Waals surface area contributed by atoms with Crippen LogP contribution in [0.25, 0.3) is 0 Å². The number of carbonyl (C=O) groups excluding carboxylic acids is 3. The van der Waals surface area contributed by atoms with E-state index in [9.17, 15) is 14.4 Å². The van der Waals surface area contributed by atoms with E-state index in [1.54, 1.807) is 45.0 Å². The summed E-state index contributed by atoms with van der Waals surface area (Å²) in [7, 11) is 4.29. The molecule has 0 aliphatic heterocycles. The maximum Gasteiger partial charge on any atom is 0.408 e. The Bertz CT molecular complexity index is 892. The summed E-state index contributed by atoms with van der Waals surface area (Å²) in [6, 6.07) is 3.23. The third-order valence-corrected chi connectivity index (χ3v) is 5.01. The quantitative estimate of drug-likeness (QED) is 0.329. The molecule has 0 saturated heterocycles. The Morgan fingerprint density at radius 2 is 1.77 bits per heavy atom. The molecule has 35 heavy (non-hydrogen) atoms. The van der Waals surface area contributed by atoms with Crippen LogP contribution in [-0.4, -0.2) is 61.9 Å². The minimum Gasteiger partial charge on any atom is -0.497 e. The number of hydrogen-bond acceptors (Lipinski definition) is 7. The zero-order valence-electron chi connectivity index (χ0n) is 21.6. The van der Waals surface area contributed by atoms with Crippen LogP contribution in [0.2, 0.25) is 0 Å². The molecule has 2 amide bonds. The predicted octanol–water partition coefficient (Wildman–Crippen LogP) is 4.01. The second-order valence-corrected chi connectivity index (χ2v) is 8.77. The molecule has 0 heterocycles. The number of benzene rings is 1. The van der Waals surface area contributed by atoms with Crippen LogP contribution in [0.5, 0.6) is 11.5 Å². The standard InChI is InChI=1S/C26H38N2O7/c1-9-11-13-20(27-25(31)35-26(3,4)5)23(29)28(21(12-10-2)24(30)34-8)17-18-14-15-19(32-6)16-22(18)33-7/h9-10,14-16,20-21H,1-2,11-13,17H2,3-8H3,(H,27,31)/t20-,21-/m0/s1. The van der Waals surface area contributed by atoms with E-state index in [0.717, 1.165) is 0 Å². The van der Waals surface area contributed by atoms with Gasteiger partial charge < -0.3 is 29.2 Å². The van der Waals surface area contributed by atoms with Crippen LogP contribution in [0, 0.1) is 0 Å². The molecule has 9 heteroatoms. The highest BCUT2D eigenvalue weighted by Crippen LogP contribution is 2.27. The number of ether oxygens (including phenoxy) is 4. The molecule has 1 aromatic rings. The molecule has 0 bridgehead atoms. The van der Waals surface area contributed by atoms with E-state index in [1.165, 1.54) is 32.3 Å². The van der Waals surface area contributed by atoms with E-state index in [2.05, 4.69) is 18.5 Å². The van der Waals surface area contributed by atoms with Gasteiger partial charge in [0.2, 0.25) is 5.91 Å². The number of carbonyl (C=O) groups is 3. The molecule has 9 nitrogen and oxygen atoms in total. The molecular weight excluding hydrogens is 452 g/mol.